The molecule has 7 nitrogen and oxygen atoms in total. The Morgan fingerprint density at radius 3 is 2.81 bits per heavy atom. The molecule has 1 N–H and O–H groups in total. The van der Waals surface area contributed by atoms with E-state index in [-0.39, 0.29) is 16.7 Å². The first-order valence-electron chi connectivity index (χ1n) is 5.77. The SMILES string of the molecule is N#Cc1ccc2c(c1)C(n1cc(F)c(=O)[nH]c1=O)OC2=O. The number of rotatable bonds is 1. The van der Waals surface area contributed by atoms with Crippen molar-refractivity contribution in [2.45, 2.75) is 6.23 Å². The van der Waals surface area contributed by atoms with E-state index in [1.807, 2.05) is 6.07 Å². The molecule has 0 radical (unpaired) electrons. The minimum atomic E-state index is -1.22. The number of nitrogens with one attached hydrogen (secondary N) is 1. The van der Waals surface area contributed by atoms with Crippen molar-refractivity contribution >= 4 is 5.97 Å². The Hall–Kier alpha value is -3.21. The average Bonchev–Trinajstić information content (AvgIpc) is 2.79. The Labute approximate surface area is 115 Å². The molecule has 0 spiro atoms. The van der Waals surface area contributed by atoms with Crippen LogP contribution in [0.15, 0.2) is 34.0 Å². The van der Waals surface area contributed by atoms with Crippen molar-refractivity contribution in [2.24, 2.45) is 0 Å². The molecule has 1 aliphatic heterocycles. The van der Waals surface area contributed by atoms with Crippen LogP contribution in [0.5, 0.6) is 0 Å². The van der Waals surface area contributed by atoms with Gasteiger partial charge in [0.15, 0.2) is 0 Å². The fourth-order valence-electron chi connectivity index (χ4n) is 2.09. The van der Waals surface area contributed by atoms with Crippen LogP contribution in [0.3, 0.4) is 0 Å². The van der Waals surface area contributed by atoms with E-state index < -0.39 is 29.3 Å². The number of nitriles is 1. The molecule has 0 amide bonds. The standard InChI is InChI=1S/C13H6FN3O4/c14-9-5-17(13(20)16-10(9)18)11-8-3-6(4-15)1-2-7(8)12(19)21-11/h1-3,5,11H,(H,16,18,20). The van der Waals surface area contributed by atoms with Crippen molar-refractivity contribution in [2.75, 3.05) is 0 Å². The number of aromatic nitrogens is 2. The van der Waals surface area contributed by atoms with Gasteiger partial charge in [0.05, 0.1) is 23.4 Å². The van der Waals surface area contributed by atoms with E-state index in [1.54, 1.807) is 4.98 Å². The number of carbonyl (C=O) groups is 1. The monoisotopic (exact) mass is 287 g/mol. The van der Waals surface area contributed by atoms with Gasteiger partial charge in [-0.1, -0.05) is 0 Å². The van der Waals surface area contributed by atoms with Crippen LogP contribution in [0.2, 0.25) is 0 Å². The summed E-state index contributed by atoms with van der Waals surface area (Å²) in [5.41, 5.74) is -1.39. The van der Waals surface area contributed by atoms with Gasteiger partial charge in [0.25, 0.3) is 5.56 Å². The van der Waals surface area contributed by atoms with Crippen LogP contribution >= 0.6 is 0 Å². The van der Waals surface area contributed by atoms with Crippen molar-refractivity contribution in [3.05, 3.63) is 67.7 Å². The molecule has 8 heteroatoms. The number of benzene rings is 1. The molecule has 1 aromatic heterocycles. The fraction of sp³-hybridized carbons (Fsp3) is 0.0769. The fourth-order valence-corrected chi connectivity index (χ4v) is 2.09. The third-order valence-corrected chi connectivity index (χ3v) is 3.06. The number of halogens is 1. The zero-order valence-electron chi connectivity index (χ0n) is 10.3. The van der Waals surface area contributed by atoms with Crippen LogP contribution in [0.25, 0.3) is 0 Å². The van der Waals surface area contributed by atoms with E-state index in [0.29, 0.717) is 6.20 Å². The third-order valence-electron chi connectivity index (χ3n) is 3.06. The second-order valence-electron chi connectivity index (χ2n) is 4.32. The van der Waals surface area contributed by atoms with Crippen LogP contribution in [-0.2, 0) is 4.74 Å². The van der Waals surface area contributed by atoms with Crippen molar-refractivity contribution in [3.8, 4) is 6.07 Å². The molecule has 3 rings (SSSR count). The number of hydrogen-bond acceptors (Lipinski definition) is 5. The largest absolute Gasteiger partial charge is 0.433 e. The summed E-state index contributed by atoms with van der Waals surface area (Å²) < 4.78 is 19.1. The van der Waals surface area contributed by atoms with E-state index in [2.05, 4.69) is 0 Å². The highest BCUT2D eigenvalue weighted by molar-refractivity contribution is 5.94. The second kappa shape index (κ2) is 4.42. The smallest absolute Gasteiger partial charge is 0.340 e. The van der Waals surface area contributed by atoms with Crippen molar-refractivity contribution < 1.29 is 13.9 Å². The molecule has 0 bridgehead atoms. The van der Waals surface area contributed by atoms with E-state index in [1.165, 1.54) is 18.2 Å². The lowest BCUT2D eigenvalue weighted by Gasteiger charge is -2.13. The van der Waals surface area contributed by atoms with E-state index in [0.717, 1.165) is 4.57 Å². The molecule has 0 aliphatic carbocycles. The van der Waals surface area contributed by atoms with Crippen LogP contribution in [0.4, 0.5) is 4.39 Å². The Kier molecular flexibility index (Phi) is 2.69. The topological polar surface area (TPSA) is 105 Å². The van der Waals surface area contributed by atoms with Crippen molar-refractivity contribution in [3.63, 3.8) is 0 Å². The maximum absolute atomic E-state index is 13.3. The number of cyclic esters (lactones) is 1. The molecule has 1 aliphatic rings. The zero-order valence-corrected chi connectivity index (χ0v) is 10.3. The Bertz CT molecular complexity index is 922. The zero-order chi connectivity index (χ0) is 15.1. The minimum Gasteiger partial charge on any atom is -0.433 e. The molecule has 1 atom stereocenters. The molecule has 2 heterocycles. The molecular weight excluding hydrogens is 281 g/mol. The van der Waals surface area contributed by atoms with Gasteiger partial charge in [0.2, 0.25) is 12.0 Å². The van der Waals surface area contributed by atoms with Gasteiger partial charge in [-0.2, -0.15) is 9.65 Å². The maximum Gasteiger partial charge on any atom is 0.340 e. The first-order valence-corrected chi connectivity index (χ1v) is 5.77. The number of ether oxygens (including phenoxy) is 1. The number of aromatic amines is 1. The Morgan fingerprint density at radius 1 is 1.33 bits per heavy atom. The summed E-state index contributed by atoms with van der Waals surface area (Å²) in [6.07, 6.45) is -0.563. The van der Waals surface area contributed by atoms with Gasteiger partial charge >= 0.3 is 11.7 Å². The lowest BCUT2D eigenvalue weighted by atomic mass is 10.1. The van der Waals surface area contributed by atoms with Gasteiger partial charge in [0.1, 0.15) is 0 Å². The summed E-state index contributed by atoms with van der Waals surface area (Å²) in [6.45, 7) is 0. The molecule has 1 aromatic carbocycles. The quantitative estimate of drug-likeness (QED) is 0.758. The van der Waals surface area contributed by atoms with Gasteiger partial charge in [-0.05, 0) is 18.2 Å². The highest BCUT2D eigenvalue weighted by Crippen LogP contribution is 2.31. The molecule has 21 heavy (non-hydrogen) atoms. The number of nitrogens with zero attached hydrogens (tertiary/aromatic N) is 2. The van der Waals surface area contributed by atoms with Gasteiger partial charge in [-0.25, -0.2) is 9.59 Å². The number of esters is 1. The molecule has 0 fully saturated rings. The summed E-state index contributed by atoms with van der Waals surface area (Å²) in [7, 11) is 0. The number of carbonyl (C=O) groups excluding carboxylic acids is 1. The maximum atomic E-state index is 13.3. The van der Waals surface area contributed by atoms with Gasteiger partial charge in [0, 0.05) is 5.56 Å². The summed E-state index contributed by atoms with van der Waals surface area (Å²) in [4.78, 5) is 36.3. The van der Waals surface area contributed by atoms with Crippen LogP contribution in [-0.4, -0.2) is 15.5 Å². The number of hydrogen-bond donors (Lipinski definition) is 1. The van der Waals surface area contributed by atoms with E-state index >= 15 is 0 Å². The highest BCUT2D eigenvalue weighted by atomic mass is 19.1. The predicted octanol–water partition coefficient (Wildman–Crippen LogP) is 0.265. The average molecular weight is 287 g/mol. The summed E-state index contributed by atoms with van der Waals surface area (Å²) in [5.74, 6) is -1.88. The van der Waals surface area contributed by atoms with Crippen molar-refractivity contribution in [1.82, 2.24) is 9.55 Å². The molecule has 0 saturated heterocycles. The number of fused-ring (bicyclic) bond motifs is 1. The van der Waals surface area contributed by atoms with Gasteiger partial charge in [-0.15, -0.1) is 0 Å². The van der Waals surface area contributed by atoms with Crippen LogP contribution in [0, 0.1) is 17.1 Å². The Balaban J connectivity index is 2.22. The molecule has 104 valence electrons. The van der Waals surface area contributed by atoms with Crippen LogP contribution in [0.1, 0.15) is 27.7 Å². The Morgan fingerprint density at radius 2 is 2.10 bits per heavy atom. The molecule has 1 unspecified atom stereocenters. The van der Waals surface area contributed by atoms with E-state index in [9.17, 15) is 18.8 Å². The normalized spacial score (nSPS) is 16.2. The van der Waals surface area contributed by atoms with Crippen molar-refractivity contribution in [1.29, 1.82) is 5.26 Å². The predicted molar refractivity (Wildman–Crippen MR) is 66.0 cm³/mol. The summed E-state index contributed by atoms with van der Waals surface area (Å²) >= 11 is 0. The van der Waals surface area contributed by atoms with Crippen LogP contribution < -0.4 is 11.2 Å². The van der Waals surface area contributed by atoms with Gasteiger partial charge in [-0.3, -0.25) is 14.3 Å². The molecule has 2 aromatic rings. The lowest BCUT2D eigenvalue weighted by molar-refractivity contribution is 0.0307. The first kappa shape index (κ1) is 12.8. The second-order valence-corrected chi connectivity index (χ2v) is 4.32. The third kappa shape index (κ3) is 1.92. The lowest BCUT2D eigenvalue weighted by Crippen LogP contribution is -2.34. The van der Waals surface area contributed by atoms with E-state index in [4.69, 9.17) is 10.00 Å². The molecule has 0 saturated carbocycles. The molecular formula is C13H6FN3O4. The summed E-state index contributed by atoms with van der Waals surface area (Å²) in [5, 5.41) is 8.87. The highest BCUT2D eigenvalue weighted by Gasteiger charge is 2.33. The minimum absolute atomic E-state index is 0.178. The summed E-state index contributed by atoms with van der Waals surface area (Å²) in [6, 6.07) is 6.09. The van der Waals surface area contributed by atoms with Gasteiger partial charge < -0.3 is 4.74 Å². The number of H-pyrrole nitrogens is 1. The first-order chi connectivity index (χ1) is 10.0.